The van der Waals surface area contributed by atoms with E-state index in [1.165, 1.54) is 35.2 Å². The standard InChI is InChI=1S/C22H25N3O6S3/c1-24(12-7-13-25-19-11-6-5-10-18(19)21(26)23-22(25)27)34(30,31)20-14-17(15-32-20)33(28,29)16-8-3-2-4-9-16/h2-4,8-9,14-15H,5-7,10-13H2,1H3,(H,23,26,27). The van der Waals surface area contributed by atoms with Crippen LogP contribution in [-0.4, -0.2) is 44.3 Å². The number of rotatable bonds is 8. The summed E-state index contributed by atoms with van der Waals surface area (Å²) < 4.78 is 54.2. The van der Waals surface area contributed by atoms with Crippen molar-refractivity contribution in [3.8, 4) is 0 Å². The Morgan fingerprint density at radius 2 is 1.74 bits per heavy atom. The molecule has 12 heteroatoms. The number of nitrogens with one attached hydrogen (secondary N) is 1. The summed E-state index contributed by atoms with van der Waals surface area (Å²) in [5.74, 6) is 0. The highest BCUT2D eigenvalue weighted by atomic mass is 32.2. The zero-order valence-electron chi connectivity index (χ0n) is 18.6. The van der Waals surface area contributed by atoms with Crippen molar-refractivity contribution in [1.29, 1.82) is 0 Å². The molecule has 4 rings (SSSR count). The Hall–Kier alpha value is -2.54. The van der Waals surface area contributed by atoms with Crippen molar-refractivity contribution in [3.05, 3.63) is 73.9 Å². The summed E-state index contributed by atoms with van der Waals surface area (Å²) in [7, 11) is -6.30. The molecule has 2 heterocycles. The Kier molecular flexibility index (Phi) is 6.94. The molecule has 1 aliphatic rings. The number of sulfone groups is 1. The molecule has 1 aromatic carbocycles. The van der Waals surface area contributed by atoms with Crippen LogP contribution in [0, 0.1) is 0 Å². The molecule has 0 atom stereocenters. The number of benzene rings is 1. The monoisotopic (exact) mass is 523 g/mol. The fourth-order valence-corrected chi connectivity index (χ4v) is 8.39. The van der Waals surface area contributed by atoms with Crippen molar-refractivity contribution in [2.45, 2.75) is 52.6 Å². The van der Waals surface area contributed by atoms with E-state index in [1.807, 2.05) is 0 Å². The quantitative estimate of drug-likeness (QED) is 0.481. The lowest BCUT2D eigenvalue weighted by Crippen LogP contribution is -2.37. The van der Waals surface area contributed by atoms with E-state index in [0.29, 0.717) is 24.8 Å². The predicted octanol–water partition coefficient (Wildman–Crippen LogP) is 2.02. The number of nitrogens with zero attached hydrogens (tertiary/aromatic N) is 2. The second kappa shape index (κ2) is 9.61. The Balaban J connectivity index is 1.48. The number of fused-ring (bicyclic) bond motifs is 1. The fraction of sp³-hybridized carbons (Fsp3) is 0.364. The summed E-state index contributed by atoms with van der Waals surface area (Å²) in [5.41, 5.74) is 0.553. The van der Waals surface area contributed by atoms with E-state index < -0.39 is 25.6 Å². The Labute approximate surface area is 201 Å². The van der Waals surface area contributed by atoms with Crippen LogP contribution in [0.2, 0.25) is 0 Å². The molecule has 0 saturated heterocycles. The molecule has 0 fully saturated rings. The van der Waals surface area contributed by atoms with Gasteiger partial charge in [0, 0.05) is 36.8 Å². The van der Waals surface area contributed by atoms with Crippen LogP contribution in [0.4, 0.5) is 0 Å². The van der Waals surface area contributed by atoms with Crippen molar-refractivity contribution in [2.24, 2.45) is 0 Å². The van der Waals surface area contributed by atoms with E-state index in [-0.39, 0.29) is 32.6 Å². The van der Waals surface area contributed by atoms with Crippen molar-refractivity contribution in [1.82, 2.24) is 13.9 Å². The molecule has 0 radical (unpaired) electrons. The van der Waals surface area contributed by atoms with Crippen molar-refractivity contribution in [2.75, 3.05) is 13.6 Å². The average molecular weight is 524 g/mol. The van der Waals surface area contributed by atoms with Gasteiger partial charge in [0.25, 0.3) is 15.6 Å². The van der Waals surface area contributed by atoms with E-state index in [2.05, 4.69) is 4.98 Å². The first-order valence-corrected chi connectivity index (χ1v) is 14.6. The second-order valence-electron chi connectivity index (χ2n) is 8.14. The summed E-state index contributed by atoms with van der Waals surface area (Å²) in [6.07, 6.45) is 3.44. The number of H-pyrrole nitrogens is 1. The van der Waals surface area contributed by atoms with Gasteiger partial charge in [-0.25, -0.2) is 25.9 Å². The first-order chi connectivity index (χ1) is 16.1. The molecule has 0 bridgehead atoms. The maximum Gasteiger partial charge on any atom is 0.328 e. The third-order valence-corrected chi connectivity index (χ3v) is 11.1. The van der Waals surface area contributed by atoms with Gasteiger partial charge in [-0.05, 0) is 50.3 Å². The number of aromatic nitrogens is 2. The molecular formula is C22H25N3O6S3. The highest BCUT2D eigenvalue weighted by Crippen LogP contribution is 2.29. The lowest BCUT2D eigenvalue weighted by Gasteiger charge is -2.21. The van der Waals surface area contributed by atoms with Gasteiger partial charge in [0.1, 0.15) is 4.21 Å². The van der Waals surface area contributed by atoms with Crippen LogP contribution in [-0.2, 0) is 39.2 Å². The van der Waals surface area contributed by atoms with Crippen LogP contribution in [0.1, 0.15) is 30.5 Å². The fourth-order valence-electron chi connectivity index (χ4n) is 4.07. The molecule has 34 heavy (non-hydrogen) atoms. The number of hydrogen-bond acceptors (Lipinski definition) is 7. The summed E-state index contributed by atoms with van der Waals surface area (Å²) in [6, 6.07) is 9.02. The largest absolute Gasteiger partial charge is 0.328 e. The van der Waals surface area contributed by atoms with Gasteiger partial charge in [-0.1, -0.05) is 18.2 Å². The Morgan fingerprint density at radius 1 is 1.03 bits per heavy atom. The van der Waals surface area contributed by atoms with Crippen LogP contribution < -0.4 is 11.2 Å². The van der Waals surface area contributed by atoms with Crippen LogP contribution in [0.25, 0.3) is 0 Å². The third-order valence-electron chi connectivity index (χ3n) is 5.94. The van der Waals surface area contributed by atoms with Crippen molar-refractivity contribution < 1.29 is 16.8 Å². The number of thiophene rings is 1. The normalized spacial score (nSPS) is 14.3. The second-order valence-corrected chi connectivity index (χ2v) is 13.3. The molecular weight excluding hydrogens is 498 g/mol. The summed E-state index contributed by atoms with van der Waals surface area (Å²) >= 11 is 0.855. The first kappa shape index (κ1) is 24.6. The molecule has 1 aliphatic carbocycles. The average Bonchev–Trinajstić information content (AvgIpc) is 3.34. The van der Waals surface area contributed by atoms with Gasteiger partial charge in [0.2, 0.25) is 9.84 Å². The molecule has 0 spiro atoms. The predicted molar refractivity (Wildman–Crippen MR) is 129 cm³/mol. The van der Waals surface area contributed by atoms with E-state index >= 15 is 0 Å². The molecule has 3 aromatic rings. The number of hydrogen-bond donors (Lipinski definition) is 1. The molecule has 0 saturated carbocycles. The molecule has 2 aromatic heterocycles. The van der Waals surface area contributed by atoms with Crippen LogP contribution in [0.5, 0.6) is 0 Å². The smallest absolute Gasteiger partial charge is 0.297 e. The van der Waals surface area contributed by atoms with Crippen LogP contribution >= 0.6 is 11.3 Å². The van der Waals surface area contributed by atoms with E-state index in [4.69, 9.17) is 0 Å². The number of sulfonamides is 1. The van der Waals surface area contributed by atoms with Crippen LogP contribution in [0.15, 0.2) is 65.4 Å². The van der Waals surface area contributed by atoms with Gasteiger partial charge in [-0.2, -0.15) is 0 Å². The third kappa shape index (κ3) is 4.67. The van der Waals surface area contributed by atoms with Gasteiger partial charge in [-0.3, -0.25) is 14.3 Å². The Morgan fingerprint density at radius 3 is 2.47 bits per heavy atom. The van der Waals surface area contributed by atoms with Crippen molar-refractivity contribution in [3.63, 3.8) is 0 Å². The van der Waals surface area contributed by atoms with Gasteiger partial charge < -0.3 is 0 Å². The molecule has 0 aliphatic heterocycles. The molecule has 0 amide bonds. The summed E-state index contributed by atoms with van der Waals surface area (Å²) in [6.45, 7) is 0.400. The topological polar surface area (TPSA) is 126 Å². The minimum absolute atomic E-state index is 0.0666. The maximum atomic E-state index is 13.0. The maximum absolute atomic E-state index is 13.0. The van der Waals surface area contributed by atoms with Crippen molar-refractivity contribution >= 4 is 31.2 Å². The van der Waals surface area contributed by atoms with E-state index in [0.717, 1.165) is 34.2 Å². The summed E-state index contributed by atoms with van der Waals surface area (Å²) in [4.78, 5) is 26.8. The zero-order chi connectivity index (χ0) is 24.5. The SMILES string of the molecule is CN(CCCn1c2c(c(=O)[nH]c1=O)CCCC2)S(=O)(=O)c1cc(S(=O)(=O)c2ccccc2)cs1. The highest BCUT2D eigenvalue weighted by Gasteiger charge is 2.27. The van der Waals surface area contributed by atoms with E-state index in [1.54, 1.807) is 18.2 Å². The minimum atomic E-state index is -3.91. The number of aromatic amines is 1. The lowest BCUT2D eigenvalue weighted by molar-refractivity contribution is 0.436. The minimum Gasteiger partial charge on any atom is -0.297 e. The van der Waals surface area contributed by atoms with Gasteiger partial charge >= 0.3 is 5.69 Å². The molecule has 1 N–H and O–H groups in total. The summed E-state index contributed by atoms with van der Waals surface area (Å²) in [5, 5.41) is 1.33. The van der Waals surface area contributed by atoms with Gasteiger partial charge in [-0.15, -0.1) is 11.3 Å². The van der Waals surface area contributed by atoms with E-state index in [9.17, 15) is 26.4 Å². The lowest BCUT2D eigenvalue weighted by atomic mass is 9.97. The van der Waals surface area contributed by atoms with Gasteiger partial charge in [0.15, 0.2) is 0 Å². The zero-order valence-corrected chi connectivity index (χ0v) is 21.0. The first-order valence-electron chi connectivity index (χ1n) is 10.8. The highest BCUT2D eigenvalue weighted by molar-refractivity contribution is 7.92. The molecule has 9 nitrogen and oxygen atoms in total. The van der Waals surface area contributed by atoms with Gasteiger partial charge in [0.05, 0.1) is 9.79 Å². The van der Waals surface area contributed by atoms with Crippen LogP contribution in [0.3, 0.4) is 0 Å². The Bertz CT molecular complexity index is 1520. The molecule has 182 valence electrons. The molecule has 0 unspecified atom stereocenters.